The van der Waals surface area contributed by atoms with Gasteiger partial charge in [0, 0.05) is 21.7 Å². The molecule has 0 aliphatic carbocycles. The standard InChI is InChI=1S/C38H22O2/c1-2-12-27-23(9-1)19-20-35-37(27)38-30(15-8-18-34(38)40-35)28-13-4-3-11-26(28)25-21-24-10-7-17-33-36(24)31(22-25)29-14-5-6-16-32(29)39-33/h1-22H/i3D,4D,5D,6D,7D,10D,11D,13D,14D,16D,17D,21D,22D. The fourth-order valence-corrected chi connectivity index (χ4v) is 5.61. The molecule has 0 fully saturated rings. The maximum Gasteiger partial charge on any atom is 0.136 e. The lowest BCUT2D eigenvalue weighted by atomic mass is 9.87. The Labute approximate surface area is 248 Å². The summed E-state index contributed by atoms with van der Waals surface area (Å²) in [6.07, 6.45) is 0. The summed E-state index contributed by atoms with van der Waals surface area (Å²) < 4.78 is 128. The average Bonchev–Trinajstić information content (AvgIpc) is 3.55. The molecule has 1 aliphatic heterocycles. The van der Waals surface area contributed by atoms with E-state index in [9.17, 15) is 5.48 Å². The molecule has 0 radical (unpaired) electrons. The van der Waals surface area contributed by atoms with E-state index in [0.717, 1.165) is 10.8 Å². The van der Waals surface area contributed by atoms with Crippen LogP contribution in [-0.2, 0) is 0 Å². The Kier molecular flexibility index (Phi) is 2.56. The van der Waals surface area contributed by atoms with Crippen LogP contribution >= 0.6 is 0 Å². The molecule has 0 bridgehead atoms. The molecule has 0 saturated heterocycles. The van der Waals surface area contributed by atoms with Gasteiger partial charge in [0.2, 0.25) is 0 Å². The lowest BCUT2D eigenvalue weighted by molar-refractivity contribution is 0.487. The molecule has 9 rings (SSSR count). The van der Waals surface area contributed by atoms with E-state index in [1.165, 1.54) is 0 Å². The summed E-state index contributed by atoms with van der Waals surface area (Å²) in [5.41, 5.74) is 0.0803. The van der Waals surface area contributed by atoms with E-state index < -0.39 is 84.3 Å². The number of rotatable bonds is 2. The quantitative estimate of drug-likeness (QED) is 0.225. The van der Waals surface area contributed by atoms with E-state index >= 15 is 0 Å². The van der Waals surface area contributed by atoms with Crippen molar-refractivity contribution < 1.29 is 27.0 Å². The zero-order chi connectivity index (χ0) is 37.5. The van der Waals surface area contributed by atoms with Crippen molar-refractivity contribution in [1.29, 1.82) is 0 Å². The number of furan rings is 1. The zero-order valence-corrected chi connectivity index (χ0v) is 20.5. The van der Waals surface area contributed by atoms with Gasteiger partial charge in [-0.05, 0) is 80.3 Å². The Morgan fingerprint density at radius 3 is 2.23 bits per heavy atom. The molecule has 2 heteroatoms. The average molecular weight is 524 g/mol. The van der Waals surface area contributed by atoms with Crippen LogP contribution in [0.25, 0.3) is 76.9 Å². The molecule has 186 valence electrons. The van der Waals surface area contributed by atoms with Gasteiger partial charge in [0.25, 0.3) is 0 Å². The van der Waals surface area contributed by atoms with Gasteiger partial charge in [-0.3, -0.25) is 0 Å². The number of para-hydroxylation sites is 1. The highest BCUT2D eigenvalue weighted by molar-refractivity contribution is 6.23. The molecule has 7 aromatic carbocycles. The summed E-state index contributed by atoms with van der Waals surface area (Å²) in [4.78, 5) is 0. The SMILES string of the molecule is [2H]c1c([2H])c([2H])c2c(c1[2H])Oc1c([2H])c([2H])c([2H])c3c([2H])c(-c4c([2H])c([2H])c([2H])c([2H])c4-c4cccc5oc6ccc7ccccc7c6c45)c([2H])c-2c13. The van der Waals surface area contributed by atoms with Crippen molar-refractivity contribution in [3.8, 4) is 44.9 Å². The van der Waals surface area contributed by atoms with E-state index in [2.05, 4.69) is 0 Å². The Morgan fingerprint density at radius 2 is 1.27 bits per heavy atom. The second-order valence-electron chi connectivity index (χ2n) is 9.45. The predicted molar refractivity (Wildman–Crippen MR) is 165 cm³/mol. The molecule has 2 heterocycles. The summed E-state index contributed by atoms with van der Waals surface area (Å²) >= 11 is 0. The Morgan fingerprint density at radius 1 is 0.475 bits per heavy atom. The van der Waals surface area contributed by atoms with Crippen LogP contribution in [0.4, 0.5) is 0 Å². The fraction of sp³-hybridized carbons (Fsp3) is 0. The third kappa shape index (κ3) is 2.99. The van der Waals surface area contributed by atoms with Crippen LogP contribution in [0.15, 0.2) is 138 Å². The number of ether oxygens (including phenoxy) is 1. The molecule has 1 aromatic heterocycles. The molecule has 40 heavy (non-hydrogen) atoms. The first-order chi connectivity index (χ1) is 25.3. The largest absolute Gasteiger partial charge is 0.456 e. The third-order valence-electron chi connectivity index (χ3n) is 7.29. The first kappa shape index (κ1) is 12.7. The van der Waals surface area contributed by atoms with Gasteiger partial charge in [-0.1, -0.05) is 96.8 Å². The third-order valence-corrected chi connectivity index (χ3v) is 7.29. The maximum atomic E-state index is 9.71. The maximum absolute atomic E-state index is 9.71. The van der Waals surface area contributed by atoms with Crippen LogP contribution in [-0.4, -0.2) is 0 Å². The molecule has 2 nitrogen and oxygen atoms in total. The molecule has 0 spiro atoms. The number of hydrogen-bond donors (Lipinski definition) is 0. The van der Waals surface area contributed by atoms with Crippen molar-refractivity contribution in [2.45, 2.75) is 0 Å². The first-order valence-electron chi connectivity index (χ1n) is 19.0. The summed E-state index contributed by atoms with van der Waals surface area (Å²) in [6, 6.07) is 8.69. The highest BCUT2D eigenvalue weighted by Crippen LogP contribution is 2.49. The Hall–Kier alpha value is -5.34. The molecule has 1 aliphatic rings. The molecule has 0 atom stereocenters. The van der Waals surface area contributed by atoms with E-state index in [4.69, 9.17) is 21.5 Å². The van der Waals surface area contributed by atoms with Gasteiger partial charge in [0.15, 0.2) is 0 Å². The van der Waals surface area contributed by atoms with Crippen LogP contribution in [0.5, 0.6) is 11.5 Å². The van der Waals surface area contributed by atoms with Gasteiger partial charge in [0.05, 0.1) is 17.8 Å². The number of fused-ring (bicyclic) bond motifs is 7. The molecule has 0 saturated carbocycles. The van der Waals surface area contributed by atoms with Crippen molar-refractivity contribution in [3.05, 3.63) is 133 Å². The van der Waals surface area contributed by atoms with Crippen LogP contribution in [0.3, 0.4) is 0 Å². The molecule has 0 unspecified atom stereocenters. The second-order valence-corrected chi connectivity index (χ2v) is 9.45. The van der Waals surface area contributed by atoms with Crippen molar-refractivity contribution in [1.82, 2.24) is 0 Å². The van der Waals surface area contributed by atoms with E-state index in [1.54, 1.807) is 18.2 Å². The lowest BCUT2D eigenvalue weighted by Crippen LogP contribution is -1.97. The summed E-state index contributed by atoms with van der Waals surface area (Å²) in [5.74, 6) is -0.775. The van der Waals surface area contributed by atoms with Crippen LogP contribution < -0.4 is 4.74 Å². The zero-order valence-electron chi connectivity index (χ0n) is 33.5. The van der Waals surface area contributed by atoms with Gasteiger partial charge in [-0.2, -0.15) is 0 Å². The normalized spacial score (nSPS) is 16.8. The Bertz CT molecular complexity index is 3020. The predicted octanol–water partition coefficient (Wildman–Crippen LogP) is 11.0. The number of hydrogen-bond acceptors (Lipinski definition) is 2. The van der Waals surface area contributed by atoms with Gasteiger partial charge >= 0.3 is 0 Å². The smallest absolute Gasteiger partial charge is 0.136 e. The minimum Gasteiger partial charge on any atom is -0.456 e. The molecular weight excluding hydrogens is 488 g/mol. The van der Waals surface area contributed by atoms with Crippen LogP contribution in [0.2, 0.25) is 0 Å². The minimum absolute atomic E-state index is 0.0667. The molecular formula is C38H22O2. The fourth-order valence-electron chi connectivity index (χ4n) is 5.61. The Balaban J connectivity index is 1.52. The van der Waals surface area contributed by atoms with E-state index in [1.807, 2.05) is 36.4 Å². The van der Waals surface area contributed by atoms with Crippen molar-refractivity contribution in [3.63, 3.8) is 0 Å². The highest BCUT2D eigenvalue weighted by Gasteiger charge is 2.22. The van der Waals surface area contributed by atoms with Crippen molar-refractivity contribution >= 4 is 43.5 Å². The molecule has 8 aromatic rings. The molecule has 0 N–H and O–H groups in total. The highest BCUT2D eigenvalue weighted by atomic mass is 16.5. The minimum atomic E-state index is -0.656. The second kappa shape index (κ2) is 8.08. The van der Waals surface area contributed by atoms with Crippen LogP contribution in [0.1, 0.15) is 17.8 Å². The van der Waals surface area contributed by atoms with Gasteiger partial charge in [0.1, 0.15) is 22.7 Å². The van der Waals surface area contributed by atoms with Gasteiger partial charge < -0.3 is 9.15 Å². The van der Waals surface area contributed by atoms with Crippen molar-refractivity contribution in [2.24, 2.45) is 0 Å². The van der Waals surface area contributed by atoms with Crippen molar-refractivity contribution in [2.75, 3.05) is 0 Å². The molecule has 0 amide bonds. The summed E-state index contributed by atoms with van der Waals surface area (Å²) in [6.45, 7) is 0. The van der Waals surface area contributed by atoms with Gasteiger partial charge in [-0.15, -0.1) is 0 Å². The van der Waals surface area contributed by atoms with E-state index in [-0.39, 0.29) is 44.3 Å². The monoisotopic (exact) mass is 523 g/mol. The van der Waals surface area contributed by atoms with Gasteiger partial charge in [-0.25, -0.2) is 0 Å². The number of benzene rings is 7. The van der Waals surface area contributed by atoms with E-state index in [0.29, 0.717) is 27.5 Å². The summed E-state index contributed by atoms with van der Waals surface area (Å²) in [5, 5.41) is 2.49. The lowest BCUT2D eigenvalue weighted by Gasteiger charge is -2.22. The summed E-state index contributed by atoms with van der Waals surface area (Å²) in [7, 11) is 0. The van der Waals surface area contributed by atoms with Crippen LogP contribution in [0, 0.1) is 0 Å². The topological polar surface area (TPSA) is 22.4 Å². The first-order valence-corrected chi connectivity index (χ1v) is 12.5.